The minimum Gasteiger partial charge on any atom is -0.493 e. The Labute approximate surface area is 249 Å². The number of azide groups is 1. The second-order valence-electron chi connectivity index (χ2n) is 11.9. The van der Waals surface area contributed by atoms with Crippen molar-refractivity contribution < 1.29 is 33.7 Å². The number of carbonyl (C=O) groups excluding carboxylic acids is 3. The molecule has 2 amide bonds. The third-order valence-corrected chi connectivity index (χ3v) is 7.49. The zero-order chi connectivity index (χ0) is 32.0. The molecule has 0 aliphatic heterocycles. The highest BCUT2D eigenvalue weighted by molar-refractivity contribution is 5.98. The minimum atomic E-state index is -1.19. The van der Waals surface area contributed by atoms with Crippen LogP contribution in [0.3, 0.4) is 0 Å². The number of aliphatic hydroxyl groups excluding tert-OH is 1. The molecule has 1 aromatic rings. The Morgan fingerprint density at radius 1 is 1.05 bits per heavy atom. The summed E-state index contributed by atoms with van der Waals surface area (Å²) in [6.07, 6.45) is -0.437. The van der Waals surface area contributed by atoms with Gasteiger partial charge >= 0.3 is 0 Å². The van der Waals surface area contributed by atoms with E-state index in [9.17, 15) is 25.0 Å². The van der Waals surface area contributed by atoms with Crippen LogP contribution in [0.1, 0.15) is 71.2 Å². The molecule has 0 fully saturated rings. The average molecular weight is 592 g/mol. The van der Waals surface area contributed by atoms with Crippen LogP contribution in [-0.4, -0.2) is 68.8 Å². The lowest BCUT2D eigenvalue weighted by molar-refractivity contribution is -0.130. The maximum atomic E-state index is 13.7. The molecule has 0 unspecified atom stereocenters. The van der Waals surface area contributed by atoms with E-state index < -0.39 is 35.3 Å². The number of primary amides is 1. The van der Waals surface area contributed by atoms with Crippen LogP contribution in [0, 0.1) is 29.1 Å². The van der Waals surface area contributed by atoms with Crippen molar-refractivity contribution in [2.75, 3.05) is 34.0 Å². The number of nitrogens with one attached hydrogen (secondary N) is 1. The molecule has 0 aliphatic rings. The van der Waals surface area contributed by atoms with Crippen molar-refractivity contribution in [1.29, 1.82) is 0 Å². The van der Waals surface area contributed by atoms with E-state index in [1.807, 2.05) is 27.7 Å². The van der Waals surface area contributed by atoms with Crippen molar-refractivity contribution in [2.24, 2.45) is 39.9 Å². The summed E-state index contributed by atoms with van der Waals surface area (Å²) in [7, 11) is 3.13. The maximum Gasteiger partial charge on any atom is 0.224 e. The van der Waals surface area contributed by atoms with Gasteiger partial charge in [-0.3, -0.25) is 14.4 Å². The molecule has 0 aliphatic carbocycles. The topological polar surface area (TPSA) is 186 Å². The summed E-state index contributed by atoms with van der Waals surface area (Å²) in [6, 6.07) is 4.01. The number of Topliss-reactive ketones (excluding diaryl/α,β-unsaturated/α-hetero) is 1. The molecule has 0 heterocycles. The Kier molecular flexibility index (Phi) is 15.4. The van der Waals surface area contributed by atoms with Gasteiger partial charge < -0.3 is 30.4 Å². The lowest BCUT2D eigenvalue weighted by Gasteiger charge is -2.30. The number of nitrogens with two attached hydrogens (primary N) is 1. The standard InChI is InChI=1S/C30H49N5O7/c1-18(2)21(27(37)20-10-11-25(41-8)26(14-20)42-13-9-12-40-7)15-23(34-35-32)24(36)16-22(19(3)4)28(38)33-17-30(5,6)29(31)39/h10-11,14,18-19,21-24,36H,9,12-13,15-17H2,1-8H3,(H2,31,39)(H,33,38)/t21-,22-,23-,24-/m0/s1. The van der Waals surface area contributed by atoms with Gasteiger partial charge in [0.1, 0.15) is 0 Å². The second-order valence-corrected chi connectivity index (χ2v) is 11.9. The number of hydrogen-bond donors (Lipinski definition) is 3. The third-order valence-electron chi connectivity index (χ3n) is 7.49. The highest BCUT2D eigenvalue weighted by Crippen LogP contribution is 2.32. The molecule has 4 N–H and O–H groups in total. The number of amides is 2. The van der Waals surface area contributed by atoms with Gasteiger partial charge in [-0.25, -0.2) is 0 Å². The number of nitrogens with zero attached hydrogens (tertiary/aromatic N) is 3. The van der Waals surface area contributed by atoms with Crippen LogP contribution in [0.4, 0.5) is 0 Å². The number of benzene rings is 1. The molecule has 0 saturated carbocycles. The SMILES string of the molecule is COCCCOc1cc(C(=O)[C@@H](C[C@H](N=[N+]=[N-])[C@@H](O)C[C@H](C(=O)NCC(C)(C)C(N)=O)C(C)C)C(C)C)ccc1OC. The molecule has 4 atom stereocenters. The highest BCUT2D eigenvalue weighted by atomic mass is 16.5. The summed E-state index contributed by atoms with van der Waals surface area (Å²) in [4.78, 5) is 41.3. The van der Waals surface area contributed by atoms with Gasteiger partial charge in [0.15, 0.2) is 17.3 Å². The van der Waals surface area contributed by atoms with Crippen LogP contribution < -0.4 is 20.5 Å². The molecular formula is C30H49N5O7. The van der Waals surface area contributed by atoms with Crippen LogP contribution in [0.15, 0.2) is 23.3 Å². The molecular weight excluding hydrogens is 542 g/mol. The fraction of sp³-hybridized carbons (Fsp3) is 0.700. The second kappa shape index (κ2) is 17.6. The van der Waals surface area contributed by atoms with Crippen LogP contribution in [-0.2, 0) is 14.3 Å². The first-order valence-corrected chi connectivity index (χ1v) is 14.3. The predicted molar refractivity (Wildman–Crippen MR) is 160 cm³/mol. The first-order chi connectivity index (χ1) is 19.7. The molecule has 0 radical (unpaired) electrons. The van der Waals surface area contributed by atoms with Crippen LogP contribution in [0.2, 0.25) is 0 Å². The lowest BCUT2D eigenvalue weighted by atomic mass is 9.80. The highest BCUT2D eigenvalue weighted by Gasteiger charge is 2.34. The zero-order valence-corrected chi connectivity index (χ0v) is 26.3. The van der Waals surface area contributed by atoms with Crippen LogP contribution in [0.25, 0.3) is 10.4 Å². The van der Waals surface area contributed by atoms with Gasteiger partial charge in [0, 0.05) is 49.0 Å². The molecule has 236 valence electrons. The largest absolute Gasteiger partial charge is 0.493 e. The zero-order valence-electron chi connectivity index (χ0n) is 26.3. The number of carbonyl (C=O) groups is 3. The van der Waals surface area contributed by atoms with E-state index in [2.05, 4.69) is 15.3 Å². The fourth-order valence-electron chi connectivity index (χ4n) is 4.46. The van der Waals surface area contributed by atoms with Gasteiger partial charge in [-0.1, -0.05) is 32.8 Å². The van der Waals surface area contributed by atoms with E-state index in [0.717, 1.165) is 0 Å². The number of rotatable bonds is 20. The van der Waals surface area contributed by atoms with Gasteiger partial charge in [0.05, 0.1) is 31.3 Å². The number of aliphatic hydroxyl groups is 1. The van der Waals surface area contributed by atoms with Gasteiger partial charge in [-0.05, 0) is 62.3 Å². The normalized spacial score (nSPS) is 14.5. The van der Waals surface area contributed by atoms with Crippen LogP contribution >= 0.6 is 0 Å². The number of methoxy groups -OCH3 is 2. The van der Waals surface area contributed by atoms with E-state index in [4.69, 9.17) is 19.9 Å². The Hall–Kier alpha value is -3.34. The minimum absolute atomic E-state index is 0.00515. The lowest BCUT2D eigenvalue weighted by Crippen LogP contribution is -2.45. The van der Waals surface area contributed by atoms with Crippen molar-refractivity contribution in [3.05, 3.63) is 34.2 Å². The molecule has 0 aromatic heterocycles. The number of ketones is 1. The molecule has 1 aromatic carbocycles. The Morgan fingerprint density at radius 2 is 1.69 bits per heavy atom. The summed E-state index contributed by atoms with van der Waals surface area (Å²) in [5.74, 6) is -1.68. The quantitative estimate of drug-likeness (QED) is 0.0663. The van der Waals surface area contributed by atoms with E-state index in [-0.39, 0.29) is 42.9 Å². The van der Waals surface area contributed by atoms with E-state index in [1.54, 1.807) is 39.2 Å². The summed E-state index contributed by atoms with van der Waals surface area (Å²) >= 11 is 0. The molecule has 0 saturated heterocycles. The van der Waals surface area contributed by atoms with Gasteiger partial charge in [-0.2, -0.15) is 0 Å². The van der Waals surface area contributed by atoms with Gasteiger partial charge in [0.25, 0.3) is 0 Å². The first-order valence-electron chi connectivity index (χ1n) is 14.3. The van der Waals surface area contributed by atoms with Crippen molar-refractivity contribution in [3.63, 3.8) is 0 Å². The van der Waals surface area contributed by atoms with E-state index in [1.165, 1.54) is 7.11 Å². The van der Waals surface area contributed by atoms with Gasteiger partial charge in [0.2, 0.25) is 11.8 Å². The molecule has 42 heavy (non-hydrogen) atoms. The average Bonchev–Trinajstić information content (AvgIpc) is 2.93. The molecule has 12 heteroatoms. The predicted octanol–water partition coefficient (Wildman–Crippen LogP) is 4.29. The molecule has 1 rings (SSSR count). The number of hydrogen-bond acceptors (Lipinski definition) is 8. The summed E-state index contributed by atoms with van der Waals surface area (Å²) in [6.45, 7) is 11.7. The van der Waals surface area contributed by atoms with Crippen molar-refractivity contribution >= 4 is 17.6 Å². The molecule has 12 nitrogen and oxygen atoms in total. The van der Waals surface area contributed by atoms with Crippen LogP contribution in [0.5, 0.6) is 11.5 Å². The Morgan fingerprint density at radius 3 is 2.21 bits per heavy atom. The van der Waals surface area contributed by atoms with Crippen molar-refractivity contribution in [2.45, 2.75) is 73.0 Å². The number of ether oxygens (including phenoxy) is 3. The maximum absolute atomic E-state index is 13.7. The van der Waals surface area contributed by atoms with Crippen molar-refractivity contribution in [1.82, 2.24) is 5.32 Å². The first kappa shape index (κ1) is 36.7. The van der Waals surface area contributed by atoms with Crippen molar-refractivity contribution in [3.8, 4) is 11.5 Å². The summed E-state index contributed by atoms with van der Waals surface area (Å²) in [5.41, 5.74) is 14.2. The van der Waals surface area contributed by atoms with Gasteiger partial charge in [-0.15, -0.1) is 0 Å². The Bertz CT molecular complexity index is 1090. The Balaban J connectivity index is 3.15. The summed E-state index contributed by atoms with van der Waals surface area (Å²) in [5, 5.41) is 17.8. The fourth-order valence-corrected chi connectivity index (χ4v) is 4.46. The molecule has 0 spiro atoms. The third kappa shape index (κ3) is 11.2. The van der Waals surface area contributed by atoms with E-state index >= 15 is 0 Å². The molecule has 0 bridgehead atoms. The van der Waals surface area contributed by atoms with E-state index in [0.29, 0.717) is 36.7 Å². The smallest absolute Gasteiger partial charge is 0.224 e. The monoisotopic (exact) mass is 591 g/mol. The summed E-state index contributed by atoms with van der Waals surface area (Å²) < 4.78 is 16.3.